The van der Waals surface area contributed by atoms with Gasteiger partial charge in [-0.3, -0.25) is 0 Å². The van der Waals surface area contributed by atoms with Crippen LogP contribution in [0.3, 0.4) is 0 Å². The van der Waals surface area contributed by atoms with Gasteiger partial charge in [-0.2, -0.15) is 9.60 Å². The van der Waals surface area contributed by atoms with Gasteiger partial charge in [-0.05, 0) is 40.5 Å². The molecule has 190 valence electrons. The van der Waals surface area contributed by atoms with Crippen LogP contribution in [0.1, 0.15) is 36.8 Å². The van der Waals surface area contributed by atoms with Crippen molar-refractivity contribution in [1.82, 2.24) is 35.2 Å². The minimum atomic E-state index is -0.428. The van der Waals surface area contributed by atoms with E-state index in [1.165, 1.54) is 12.3 Å². The van der Waals surface area contributed by atoms with Gasteiger partial charge in [0.25, 0.3) is 0 Å². The molecule has 10 heteroatoms. The number of nitrogens with one attached hydrogen (secondary N) is 1. The molecule has 0 saturated heterocycles. The van der Waals surface area contributed by atoms with Crippen molar-refractivity contribution in [3.05, 3.63) is 101 Å². The van der Waals surface area contributed by atoms with Crippen molar-refractivity contribution in [3.8, 4) is 22.5 Å². The summed E-state index contributed by atoms with van der Waals surface area (Å²) < 4.78 is 13.8. The van der Waals surface area contributed by atoms with Crippen molar-refractivity contribution in [2.24, 2.45) is 0 Å². The van der Waals surface area contributed by atoms with Gasteiger partial charge >= 0.3 is 0 Å². The highest BCUT2D eigenvalue weighted by Gasteiger charge is 2.16. The van der Waals surface area contributed by atoms with Crippen molar-refractivity contribution in [2.75, 3.05) is 0 Å². The summed E-state index contributed by atoms with van der Waals surface area (Å²) in [5, 5.41) is 24.5. The Morgan fingerprint density at radius 2 is 1.76 bits per heavy atom. The van der Waals surface area contributed by atoms with E-state index in [2.05, 4.69) is 61.8 Å². The van der Waals surface area contributed by atoms with Crippen LogP contribution in [-0.4, -0.2) is 40.3 Å². The Labute approximate surface area is 219 Å². The van der Waals surface area contributed by atoms with Crippen molar-refractivity contribution in [3.63, 3.8) is 0 Å². The van der Waals surface area contributed by atoms with Gasteiger partial charge in [0.05, 0.1) is 12.3 Å². The fraction of sp³-hybridized carbons (Fsp3) is 0.222. The van der Waals surface area contributed by atoms with Crippen LogP contribution in [-0.2, 0) is 19.6 Å². The summed E-state index contributed by atoms with van der Waals surface area (Å²) in [5.41, 5.74) is 4.80. The maximum absolute atomic E-state index is 11.8. The van der Waals surface area contributed by atoms with Gasteiger partial charge in [0, 0.05) is 24.7 Å². The molecule has 0 radical (unpaired) electrons. The lowest BCUT2D eigenvalue weighted by Gasteiger charge is -2.12. The summed E-state index contributed by atoms with van der Waals surface area (Å²) >= 11 is 6.26. The summed E-state index contributed by atoms with van der Waals surface area (Å²) in [6.45, 7) is 2.63. The molecule has 0 atom stereocenters. The monoisotopic (exact) mass is 519 g/mol. The SMILES string of the molecule is CCCCc1nc(Cl)c(CO)n1Cc1ccc(-c2ccccc2-c2nn[nH]n2)cc1.Fc1ccccn1. The molecule has 5 rings (SSSR count). The molecule has 3 aromatic heterocycles. The van der Waals surface area contributed by atoms with E-state index in [4.69, 9.17) is 11.6 Å². The van der Waals surface area contributed by atoms with Crippen LogP contribution in [0.5, 0.6) is 0 Å². The highest BCUT2D eigenvalue weighted by Crippen LogP contribution is 2.30. The number of unbranched alkanes of at least 4 members (excludes halogenated alkanes) is 1. The zero-order chi connectivity index (χ0) is 26.0. The third kappa shape index (κ3) is 6.63. The first-order valence-corrected chi connectivity index (χ1v) is 12.3. The predicted molar refractivity (Wildman–Crippen MR) is 140 cm³/mol. The zero-order valence-electron chi connectivity index (χ0n) is 20.4. The number of rotatable bonds is 8. The molecule has 0 saturated carbocycles. The maximum Gasteiger partial charge on any atom is 0.212 e. The highest BCUT2D eigenvalue weighted by atomic mass is 35.5. The topological polar surface area (TPSA) is 105 Å². The smallest absolute Gasteiger partial charge is 0.212 e. The van der Waals surface area contributed by atoms with E-state index in [0.29, 0.717) is 23.2 Å². The number of halogens is 2. The average Bonchev–Trinajstić information content (AvgIpc) is 3.57. The normalized spacial score (nSPS) is 10.7. The second-order valence-corrected chi connectivity index (χ2v) is 8.60. The van der Waals surface area contributed by atoms with Gasteiger partial charge < -0.3 is 9.67 Å². The van der Waals surface area contributed by atoms with Gasteiger partial charge in [0.15, 0.2) is 5.15 Å². The van der Waals surface area contributed by atoms with Crippen LogP contribution < -0.4 is 0 Å². The molecule has 8 nitrogen and oxygen atoms in total. The molecule has 2 N–H and O–H groups in total. The van der Waals surface area contributed by atoms with Gasteiger partial charge in [0.2, 0.25) is 11.8 Å². The number of aryl methyl sites for hydroxylation is 1. The number of tetrazole rings is 1. The number of aliphatic hydroxyl groups excluding tert-OH is 1. The molecular weight excluding hydrogens is 493 g/mol. The number of hydrogen-bond donors (Lipinski definition) is 2. The summed E-state index contributed by atoms with van der Waals surface area (Å²) in [4.78, 5) is 7.78. The number of nitrogens with zero attached hydrogens (tertiary/aromatic N) is 6. The molecule has 5 aromatic rings. The van der Waals surface area contributed by atoms with E-state index in [-0.39, 0.29) is 6.61 Å². The van der Waals surface area contributed by atoms with Gasteiger partial charge in [-0.1, -0.05) is 79.5 Å². The number of aliphatic hydroxyl groups is 1. The van der Waals surface area contributed by atoms with Crippen LogP contribution in [0, 0.1) is 5.95 Å². The lowest BCUT2D eigenvalue weighted by atomic mass is 9.98. The minimum absolute atomic E-state index is 0.131. The number of H-pyrrole nitrogens is 1. The molecule has 3 heterocycles. The third-order valence-electron chi connectivity index (χ3n) is 5.75. The van der Waals surface area contributed by atoms with Crippen LogP contribution in [0.2, 0.25) is 5.15 Å². The van der Waals surface area contributed by atoms with E-state index in [1.807, 2.05) is 28.8 Å². The molecule has 0 aliphatic rings. The van der Waals surface area contributed by atoms with Crippen LogP contribution in [0.4, 0.5) is 4.39 Å². The first kappa shape index (κ1) is 26.1. The highest BCUT2D eigenvalue weighted by molar-refractivity contribution is 6.30. The fourth-order valence-electron chi connectivity index (χ4n) is 3.89. The van der Waals surface area contributed by atoms with Crippen molar-refractivity contribution < 1.29 is 9.50 Å². The number of benzene rings is 2. The number of imidazole rings is 1. The molecule has 37 heavy (non-hydrogen) atoms. The van der Waals surface area contributed by atoms with E-state index < -0.39 is 5.95 Å². The summed E-state index contributed by atoms with van der Waals surface area (Å²) in [5.74, 6) is 1.05. The second-order valence-electron chi connectivity index (χ2n) is 8.24. The van der Waals surface area contributed by atoms with Crippen molar-refractivity contribution >= 4 is 11.6 Å². The van der Waals surface area contributed by atoms with Gasteiger partial charge in [0.1, 0.15) is 5.82 Å². The molecule has 2 aromatic carbocycles. The second kappa shape index (κ2) is 12.8. The Balaban J connectivity index is 0.000000396. The van der Waals surface area contributed by atoms with Crippen LogP contribution >= 0.6 is 11.6 Å². The quantitative estimate of drug-likeness (QED) is 0.263. The lowest BCUT2D eigenvalue weighted by Crippen LogP contribution is -2.09. The molecule has 0 unspecified atom stereocenters. The van der Waals surface area contributed by atoms with Crippen molar-refractivity contribution in [1.29, 1.82) is 0 Å². The Kier molecular flexibility index (Phi) is 9.07. The van der Waals surface area contributed by atoms with E-state index in [0.717, 1.165) is 47.3 Å². The largest absolute Gasteiger partial charge is 0.390 e. The summed E-state index contributed by atoms with van der Waals surface area (Å²) in [6, 6.07) is 20.9. The molecule has 0 fully saturated rings. The summed E-state index contributed by atoms with van der Waals surface area (Å²) in [6.07, 6.45) is 4.36. The van der Waals surface area contributed by atoms with E-state index in [9.17, 15) is 9.50 Å². The zero-order valence-corrected chi connectivity index (χ0v) is 21.1. The van der Waals surface area contributed by atoms with Crippen LogP contribution in [0.25, 0.3) is 22.5 Å². The molecule has 0 bridgehead atoms. The lowest BCUT2D eigenvalue weighted by molar-refractivity contribution is 0.271. The van der Waals surface area contributed by atoms with Gasteiger partial charge in [-0.15, -0.1) is 10.2 Å². The molecule has 0 aliphatic carbocycles. The standard InChI is InChI=1S/C22H23ClN6O.C5H4FN/c1-2-3-8-20-24-21(23)19(14-30)29(20)13-15-9-11-16(12-10-15)17-6-4-5-7-18(17)22-25-27-28-26-22;6-5-3-1-2-4-7-5/h4-7,9-12,30H,2-3,8,13-14H2,1H3,(H,25,26,27,28);1-4H. The fourth-order valence-corrected chi connectivity index (χ4v) is 4.15. The Morgan fingerprint density at radius 3 is 2.35 bits per heavy atom. The van der Waals surface area contributed by atoms with E-state index in [1.54, 1.807) is 12.1 Å². The number of aromatic nitrogens is 7. The molecule has 0 aliphatic heterocycles. The summed E-state index contributed by atoms with van der Waals surface area (Å²) in [7, 11) is 0. The Hall–Kier alpha value is -3.95. The molecule has 0 amide bonds. The number of pyridine rings is 1. The predicted octanol–water partition coefficient (Wildman–Crippen LogP) is 5.49. The maximum atomic E-state index is 11.8. The van der Waals surface area contributed by atoms with Gasteiger partial charge in [-0.25, -0.2) is 9.97 Å². The molecule has 0 spiro atoms. The average molecular weight is 520 g/mol. The Bertz CT molecular complexity index is 1390. The first-order valence-electron chi connectivity index (χ1n) is 11.9. The number of aromatic amines is 1. The van der Waals surface area contributed by atoms with E-state index >= 15 is 0 Å². The minimum Gasteiger partial charge on any atom is -0.390 e. The van der Waals surface area contributed by atoms with Crippen molar-refractivity contribution in [2.45, 2.75) is 39.3 Å². The third-order valence-corrected chi connectivity index (χ3v) is 6.06. The molecular formula is C27H27ClFN7O. The Morgan fingerprint density at radius 1 is 1.00 bits per heavy atom. The van der Waals surface area contributed by atoms with Crippen LogP contribution in [0.15, 0.2) is 72.9 Å². The first-order chi connectivity index (χ1) is 18.1. The number of hydrogen-bond acceptors (Lipinski definition) is 6.